The van der Waals surface area contributed by atoms with Crippen molar-refractivity contribution in [2.45, 2.75) is 57.3 Å². The van der Waals surface area contributed by atoms with Gasteiger partial charge in [-0.25, -0.2) is 0 Å². The maximum atomic E-state index is 11.9. The SMILES string of the molecule is CC1=CC[C@]23O[C@@]2(C)CC[C@@H]2[C@H](OC(=O)[C@H]2C)[C@@H]13. The molecule has 2 aliphatic heterocycles. The molecule has 2 aliphatic carbocycles. The van der Waals surface area contributed by atoms with Crippen molar-refractivity contribution in [1.82, 2.24) is 0 Å². The van der Waals surface area contributed by atoms with Crippen LogP contribution in [-0.2, 0) is 14.3 Å². The Labute approximate surface area is 108 Å². The molecule has 1 spiro atoms. The number of hydrogen-bond donors (Lipinski definition) is 0. The monoisotopic (exact) mass is 248 g/mol. The Balaban J connectivity index is 1.78. The van der Waals surface area contributed by atoms with Crippen molar-refractivity contribution in [3.63, 3.8) is 0 Å². The Hall–Kier alpha value is -0.830. The molecule has 0 unspecified atom stereocenters. The maximum Gasteiger partial charge on any atom is 0.309 e. The van der Waals surface area contributed by atoms with Gasteiger partial charge >= 0.3 is 5.97 Å². The van der Waals surface area contributed by atoms with Crippen molar-refractivity contribution in [2.75, 3.05) is 0 Å². The van der Waals surface area contributed by atoms with Gasteiger partial charge in [-0.15, -0.1) is 0 Å². The lowest BCUT2D eigenvalue weighted by Gasteiger charge is -2.27. The van der Waals surface area contributed by atoms with Gasteiger partial charge in [0.2, 0.25) is 0 Å². The minimum atomic E-state index is -0.0547. The Morgan fingerprint density at radius 3 is 3.00 bits per heavy atom. The normalized spacial score (nSPS) is 57.1. The van der Waals surface area contributed by atoms with Crippen molar-refractivity contribution >= 4 is 5.97 Å². The molecule has 0 aromatic heterocycles. The number of rotatable bonds is 0. The smallest absolute Gasteiger partial charge is 0.309 e. The molecule has 3 heteroatoms. The average molecular weight is 248 g/mol. The molecule has 3 fully saturated rings. The number of epoxide rings is 1. The zero-order valence-corrected chi connectivity index (χ0v) is 11.2. The van der Waals surface area contributed by atoms with E-state index in [1.165, 1.54) is 5.57 Å². The van der Waals surface area contributed by atoms with Crippen LogP contribution in [0.15, 0.2) is 11.6 Å². The molecule has 1 saturated carbocycles. The molecule has 2 saturated heterocycles. The largest absolute Gasteiger partial charge is 0.461 e. The van der Waals surface area contributed by atoms with Crippen LogP contribution in [0.2, 0.25) is 0 Å². The van der Waals surface area contributed by atoms with Gasteiger partial charge < -0.3 is 9.47 Å². The van der Waals surface area contributed by atoms with E-state index in [1.807, 2.05) is 6.92 Å². The van der Waals surface area contributed by atoms with Gasteiger partial charge in [-0.05, 0) is 33.1 Å². The van der Waals surface area contributed by atoms with Crippen LogP contribution in [0.1, 0.15) is 40.0 Å². The Morgan fingerprint density at radius 2 is 2.22 bits per heavy atom. The fourth-order valence-corrected chi connectivity index (χ4v) is 4.71. The predicted molar refractivity (Wildman–Crippen MR) is 65.9 cm³/mol. The number of hydrogen-bond acceptors (Lipinski definition) is 3. The minimum absolute atomic E-state index is 0.0101. The number of esters is 1. The van der Waals surface area contributed by atoms with Crippen LogP contribution in [-0.4, -0.2) is 23.3 Å². The minimum Gasteiger partial charge on any atom is -0.461 e. The fourth-order valence-electron chi connectivity index (χ4n) is 4.71. The lowest BCUT2D eigenvalue weighted by Crippen LogP contribution is -2.37. The van der Waals surface area contributed by atoms with E-state index in [-0.39, 0.29) is 29.2 Å². The molecule has 0 aromatic rings. The van der Waals surface area contributed by atoms with Gasteiger partial charge in [0.25, 0.3) is 0 Å². The molecular weight excluding hydrogens is 228 g/mol. The van der Waals surface area contributed by atoms with Gasteiger partial charge in [-0.1, -0.05) is 18.6 Å². The second kappa shape index (κ2) is 3.01. The van der Waals surface area contributed by atoms with E-state index < -0.39 is 0 Å². The molecule has 0 amide bonds. The summed E-state index contributed by atoms with van der Waals surface area (Å²) >= 11 is 0. The van der Waals surface area contributed by atoms with Gasteiger partial charge in [0.15, 0.2) is 0 Å². The molecule has 2 heterocycles. The van der Waals surface area contributed by atoms with Crippen molar-refractivity contribution in [3.05, 3.63) is 11.6 Å². The zero-order chi connectivity index (χ0) is 12.7. The van der Waals surface area contributed by atoms with E-state index in [1.54, 1.807) is 0 Å². The molecular formula is C15H20O3. The maximum absolute atomic E-state index is 11.9. The Kier molecular flexibility index (Phi) is 1.84. The highest BCUT2D eigenvalue weighted by molar-refractivity contribution is 5.75. The second-order valence-electron chi connectivity index (χ2n) is 6.75. The summed E-state index contributed by atoms with van der Waals surface area (Å²) in [5.41, 5.74) is 1.32. The second-order valence-corrected chi connectivity index (χ2v) is 6.75. The molecule has 6 atom stereocenters. The van der Waals surface area contributed by atoms with E-state index in [9.17, 15) is 4.79 Å². The molecule has 0 aromatic carbocycles. The summed E-state index contributed by atoms with van der Waals surface area (Å²) in [6.07, 6.45) is 5.45. The molecule has 98 valence electrons. The van der Waals surface area contributed by atoms with Gasteiger partial charge in [0.05, 0.1) is 11.5 Å². The van der Waals surface area contributed by atoms with Crippen molar-refractivity contribution in [1.29, 1.82) is 0 Å². The number of fused-ring (bicyclic) bond motifs is 2. The highest BCUT2D eigenvalue weighted by Crippen LogP contribution is 2.67. The third-order valence-electron chi connectivity index (χ3n) is 5.95. The van der Waals surface area contributed by atoms with E-state index in [2.05, 4.69) is 19.9 Å². The summed E-state index contributed by atoms with van der Waals surface area (Å²) in [5, 5.41) is 0. The third kappa shape index (κ3) is 1.04. The molecule has 4 rings (SSSR count). The van der Waals surface area contributed by atoms with E-state index >= 15 is 0 Å². The van der Waals surface area contributed by atoms with Gasteiger partial charge in [-0.3, -0.25) is 4.79 Å². The summed E-state index contributed by atoms with van der Waals surface area (Å²) in [7, 11) is 0. The van der Waals surface area contributed by atoms with Crippen LogP contribution in [0, 0.1) is 17.8 Å². The first kappa shape index (κ1) is 11.0. The van der Waals surface area contributed by atoms with Crippen LogP contribution < -0.4 is 0 Å². The Bertz CT molecular complexity index is 468. The summed E-state index contributed by atoms with van der Waals surface area (Å²) < 4.78 is 11.9. The lowest BCUT2D eigenvalue weighted by atomic mass is 9.77. The third-order valence-corrected chi connectivity index (χ3v) is 5.95. The van der Waals surface area contributed by atoms with E-state index in [0.717, 1.165) is 19.3 Å². The van der Waals surface area contributed by atoms with Crippen LogP contribution in [0.25, 0.3) is 0 Å². The summed E-state index contributed by atoms with van der Waals surface area (Å²) in [6.45, 7) is 6.43. The zero-order valence-electron chi connectivity index (χ0n) is 11.2. The summed E-state index contributed by atoms with van der Waals surface area (Å²) in [4.78, 5) is 11.9. The highest BCUT2D eigenvalue weighted by Gasteiger charge is 2.75. The van der Waals surface area contributed by atoms with Crippen LogP contribution in [0.4, 0.5) is 0 Å². The van der Waals surface area contributed by atoms with Crippen molar-refractivity contribution in [3.8, 4) is 0 Å². The standard InChI is InChI=1S/C15H20O3/c1-8-4-7-15-11(8)12-10(9(2)13(16)17-12)5-6-14(15,3)18-15/h4,9-12H,5-7H2,1-3H3/t9-,10-,11+,12-,14-,15+/m0/s1. The first-order valence-electron chi connectivity index (χ1n) is 7.06. The predicted octanol–water partition coefficient (Wildman–Crippen LogP) is 2.45. The number of carbonyl (C=O) groups excluding carboxylic acids is 1. The molecule has 0 radical (unpaired) electrons. The lowest BCUT2D eigenvalue weighted by molar-refractivity contribution is -0.145. The van der Waals surface area contributed by atoms with Crippen molar-refractivity contribution < 1.29 is 14.3 Å². The van der Waals surface area contributed by atoms with Gasteiger partial charge in [0.1, 0.15) is 11.7 Å². The summed E-state index contributed by atoms with van der Waals surface area (Å²) in [6, 6.07) is 0. The molecule has 3 nitrogen and oxygen atoms in total. The van der Waals surface area contributed by atoms with Crippen LogP contribution >= 0.6 is 0 Å². The highest BCUT2D eigenvalue weighted by atomic mass is 16.6. The average Bonchev–Trinajstić information content (AvgIpc) is 2.65. The molecule has 0 N–H and O–H groups in total. The van der Waals surface area contributed by atoms with E-state index in [4.69, 9.17) is 9.47 Å². The molecule has 18 heavy (non-hydrogen) atoms. The number of carbonyl (C=O) groups is 1. The quantitative estimate of drug-likeness (QED) is 0.375. The van der Waals surface area contributed by atoms with E-state index in [0.29, 0.717) is 11.8 Å². The molecule has 4 aliphatic rings. The summed E-state index contributed by atoms with van der Waals surface area (Å²) in [5.74, 6) is 0.726. The topological polar surface area (TPSA) is 38.8 Å². The van der Waals surface area contributed by atoms with Crippen LogP contribution in [0.5, 0.6) is 0 Å². The first-order valence-corrected chi connectivity index (χ1v) is 7.06. The Morgan fingerprint density at radius 1 is 1.44 bits per heavy atom. The number of ether oxygens (including phenoxy) is 2. The van der Waals surface area contributed by atoms with Crippen LogP contribution in [0.3, 0.4) is 0 Å². The first-order chi connectivity index (χ1) is 8.48. The molecule has 0 bridgehead atoms. The van der Waals surface area contributed by atoms with Crippen molar-refractivity contribution in [2.24, 2.45) is 17.8 Å². The van der Waals surface area contributed by atoms with Gasteiger partial charge in [-0.2, -0.15) is 0 Å². The fraction of sp³-hybridized carbons (Fsp3) is 0.800. The van der Waals surface area contributed by atoms with Gasteiger partial charge in [0, 0.05) is 11.8 Å².